The number of rotatable bonds is 3. The zero-order valence-electron chi connectivity index (χ0n) is 10.9. The smallest absolute Gasteiger partial charge is 0.282 e. The van der Waals surface area contributed by atoms with Crippen molar-refractivity contribution in [2.75, 3.05) is 5.32 Å². The van der Waals surface area contributed by atoms with E-state index < -0.39 is 22.3 Å². The molecule has 1 amide bonds. The van der Waals surface area contributed by atoms with E-state index in [1.165, 1.54) is 6.07 Å². The van der Waals surface area contributed by atoms with Crippen LogP contribution in [0.5, 0.6) is 0 Å². The van der Waals surface area contributed by atoms with Crippen LogP contribution in [0.2, 0.25) is 5.02 Å². The highest BCUT2D eigenvalue weighted by atomic mass is 35.5. The van der Waals surface area contributed by atoms with Gasteiger partial charge in [0.2, 0.25) is 0 Å². The largest absolute Gasteiger partial charge is 0.321 e. The molecular formula is C14H10ClFN2O3. The van der Waals surface area contributed by atoms with Gasteiger partial charge in [-0.1, -0.05) is 17.7 Å². The van der Waals surface area contributed by atoms with Gasteiger partial charge in [-0.2, -0.15) is 0 Å². The predicted octanol–water partition coefficient (Wildman–Crippen LogP) is 3.95. The summed E-state index contributed by atoms with van der Waals surface area (Å²) in [5, 5.41) is 13.8. The number of benzene rings is 2. The molecule has 0 saturated heterocycles. The third-order valence-corrected chi connectivity index (χ3v) is 3.08. The second kappa shape index (κ2) is 5.88. The maximum absolute atomic E-state index is 13.2. The highest BCUT2D eigenvalue weighted by Crippen LogP contribution is 2.24. The van der Waals surface area contributed by atoms with Gasteiger partial charge in [-0.3, -0.25) is 14.9 Å². The van der Waals surface area contributed by atoms with E-state index in [1.54, 1.807) is 19.1 Å². The Hall–Kier alpha value is -2.47. The van der Waals surface area contributed by atoms with Gasteiger partial charge in [0.15, 0.2) is 0 Å². The zero-order valence-corrected chi connectivity index (χ0v) is 11.6. The Morgan fingerprint density at radius 3 is 2.67 bits per heavy atom. The van der Waals surface area contributed by atoms with Crippen LogP contribution < -0.4 is 5.32 Å². The van der Waals surface area contributed by atoms with Crippen LogP contribution >= 0.6 is 11.6 Å². The van der Waals surface area contributed by atoms with Crippen molar-refractivity contribution in [2.45, 2.75) is 6.92 Å². The maximum Gasteiger partial charge on any atom is 0.282 e. The average Bonchev–Trinajstić information content (AvgIpc) is 2.42. The first kappa shape index (κ1) is 14.9. The fraction of sp³-hybridized carbons (Fsp3) is 0.0714. The molecule has 0 aliphatic rings. The van der Waals surface area contributed by atoms with Gasteiger partial charge in [0.1, 0.15) is 11.4 Å². The van der Waals surface area contributed by atoms with Crippen LogP contribution in [0.3, 0.4) is 0 Å². The lowest BCUT2D eigenvalue weighted by molar-refractivity contribution is -0.385. The number of carbonyl (C=O) groups excluding carboxylic acids is 1. The molecule has 0 radical (unpaired) electrons. The molecule has 0 unspecified atom stereocenters. The molecule has 108 valence electrons. The van der Waals surface area contributed by atoms with Crippen LogP contribution in [0.25, 0.3) is 0 Å². The highest BCUT2D eigenvalue weighted by Gasteiger charge is 2.21. The number of amides is 1. The second-order valence-corrected chi connectivity index (χ2v) is 4.77. The summed E-state index contributed by atoms with van der Waals surface area (Å²) in [6.07, 6.45) is 0. The molecular weight excluding hydrogens is 299 g/mol. The number of nitro benzene ring substituents is 1. The summed E-state index contributed by atoms with van der Waals surface area (Å²) >= 11 is 5.83. The molecule has 0 aliphatic heterocycles. The number of aryl methyl sites for hydroxylation is 1. The Balaban J connectivity index is 2.39. The molecule has 21 heavy (non-hydrogen) atoms. The predicted molar refractivity (Wildman–Crippen MR) is 77.2 cm³/mol. The Bertz CT molecular complexity index is 734. The number of hydrogen-bond acceptors (Lipinski definition) is 3. The lowest BCUT2D eigenvalue weighted by atomic mass is 10.1. The normalized spacial score (nSPS) is 10.2. The summed E-state index contributed by atoms with van der Waals surface area (Å²) < 4.78 is 13.2. The Morgan fingerprint density at radius 1 is 1.29 bits per heavy atom. The molecule has 0 saturated carbocycles. The molecule has 2 rings (SSSR count). The van der Waals surface area contributed by atoms with Crippen molar-refractivity contribution in [2.24, 2.45) is 0 Å². The van der Waals surface area contributed by atoms with Crippen molar-refractivity contribution in [1.82, 2.24) is 0 Å². The van der Waals surface area contributed by atoms with Gasteiger partial charge in [-0.25, -0.2) is 4.39 Å². The SMILES string of the molecule is Cc1ccc(Cl)cc1NC(=O)c1cc(F)ccc1[N+](=O)[O-]. The minimum Gasteiger partial charge on any atom is -0.321 e. The van der Waals surface area contributed by atoms with Crippen molar-refractivity contribution in [1.29, 1.82) is 0 Å². The number of nitrogens with zero attached hydrogens (tertiary/aromatic N) is 1. The fourth-order valence-electron chi connectivity index (χ4n) is 1.77. The molecule has 0 bridgehead atoms. The van der Waals surface area contributed by atoms with Gasteiger partial charge < -0.3 is 5.32 Å². The van der Waals surface area contributed by atoms with Gasteiger partial charge in [-0.15, -0.1) is 0 Å². The van der Waals surface area contributed by atoms with E-state index in [0.29, 0.717) is 10.7 Å². The van der Waals surface area contributed by atoms with Gasteiger partial charge in [0, 0.05) is 16.8 Å². The van der Waals surface area contributed by atoms with E-state index in [0.717, 1.165) is 23.8 Å². The van der Waals surface area contributed by atoms with Crippen molar-refractivity contribution in [3.63, 3.8) is 0 Å². The third-order valence-electron chi connectivity index (χ3n) is 2.85. The minimum atomic E-state index is -0.772. The first-order chi connectivity index (χ1) is 9.88. The number of hydrogen-bond donors (Lipinski definition) is 1. The van der Waals surface area contributed by atoms with Crippen LogP contribution in [0.15, 0.2) is 36.4 Å². The molecule has 0 fully saturated rings. The Morgan fingerprint density at radius 2 is 2.00 bits per heavy atom. The Labute approximate surface area is 124 Å². The lowest BCUT2D eigenvalue weighted by Gasteiger charge is -2.09. The standard InChI is InChI=1S/C14H10ClFN2O3/c1-8-2-3-9(15)6-12(8)17-14(19)11-7-10(16)4-5-13(11)18(20)21/h2-7H,1H3,(H,17,19). The van der Waals surface area contributed by atoms with Gasteiger partial charge in [-0.05, 0) is 36.8 Å². The van der Waals surface area contributed by atoms with Crippen LogP contribution in [0.4, 0.5) is 15.8 Å². The lowest BCUT2D eigenvalue weighted by Crippen LogP contribution is -2.15. The van der Waals surface area contributed by atoms with Gasteiger partial charge >= 0.3 is 0 Å². The molecule has 0 heterocycles. The number of nitrogens with one attached hydrogen (secondary N) is 1. The molecule has 0 aromatic heterocycles. The summed E-state index contributed by atoms with van der Waals surface area (Å²) in [4.78, 5) is 22.3. The molecule has 0 aliphatic carbocycles. The third kappa shape index (κ3) is 3.35. The quantitative estimate of drug-likeness (QED) is 0.689. The van der Waals surface area contributed by atoms with Crippen molar-refractivity contribution < 1.29 is 14.1 Å². The summed E-state index contributed by atoms with van der Waals surface area (Å²) in [6.45, 7) is 1.74. The molecule has 0 spiro atoms. The first-order valence-electron chi connectivity index (χ1n) is 5.90. The summed E-state index contributed by atoms with van der Waals surface area (Å²) in [5.41, 5.74) is 0.325. The number of nitro groups is 1. The average molecular weight is 309 g/mol. The maximum atomic E-state index is 13.2. The van der Waals surface area contributed by atoms with Crippen LogP contribution in [-0.2, 0) is 0 Å². The summed E-state index contributed by atoms with van der Waals surface area (Å²) in [6, 6.07) is 7.57. The zero-order chi connectivity index (χ0) is 15.6. The van der Waals surface area contributed by atoms with E-state index in [9.17, 15) is 19.3 Å². The fourth-order valence-corrected chi connectivity index (χ4v) is 1.94. The number of anilines is 1. The van der Waals surface area contributed by atoms with Crippen LogP contribution in [0.1, 0.15) is 15.9 Å². The number of carbonyl (C=O) groups is 1. The Kier molecular flexibility index (Phi) is 4.18. The summed E-state index contributed by atoms with van der Waals surface area (Å²) in [5.74, 6) is -1.50. The van der Waals surface area contributed by atoms with E-state index in [4.69, 9.17) is 11.6 Å². The number of halogens is 2. The molecule has 2 aromatic rings. The molecule has 0 atom stereocenters. The van der Waals surface area contributed by atoms with Gasteiger partial charge in [0.05, 0.1) is 4.92 Å². The second-order valence-electron chi connectivity index (χ2n) is 4.33. The van der Waals surface area contributed by atoms with E-state index in [2.05, 4.69) is 5.32 Å². The first-order valence-corrected chi connectivity index (χ1v) is 6.27. The van der Waals surface area contributed by atoms with Crippen molar-refractivity contribution in [3.05, 3.63) is 68.5 Å². The van der Waals surface area contributed by atoms with E-state index in [-0.39, 0.29) is 5.56 Å². The van der Waals surface area contributed by atoms with Crippen LogP contribution in [0, 0.1) is 22.9 Å². The van der Waals surface area contributed by atoms with E-state index >= 15 is 0 Å². The van der Waals surface area contributed by atoms with Gasteiger partial charge in [0.25, 0.3) is 11.6 Å². The summed E-state index contributed by atoms with van der Waals surface area (Å²) in [7, 11) is 0. The highest BCUT2D eigenvalue weighted by molar-refractivity contribution is 6.31. The van der Waals surface area contributed by atoms with E-state index in [1.807, 2.05) is 0 Å². The monoisotopic (exact) mass is 308 g/mol. The van der Waals surface area contributed by atoms with Crippen molar-refractivity contribution in [3.8, 4) is 0 Å². The topological polar surface area (TPSA) is 72.2 Å². The van der Waals surface area contributed by atoms with Crippen LogP contribution in [-0.4, -0.2) is 10.8 Å². The molecule has 5 nitrogen and oxygen atoms in total. The molecule has 1 N–H and O–H groups in total. The van der Waals surface area contributed by atoms with Crippen molar-refractivity contribution >= 4 is 28.9 Å². The molecule has 2 aromatic carbocycles. The molecule has 7 heteroatoms. The minimum absolute atomic E-state index is 0.348.